The van der Waals surface area contributed by atoms with E-state index in [1.807, 2.05) is 16.7 Å². The summed E-state index contributed by atoms with van der Waals surface area (Å²) in [6.07, 6.45) is 1.82. The van der Waals surface area contributed by atoms with Gasteiger partial charge in [-0.25, -0.2) is 4.79 Å². The molecule has 2 aliphatic rings. The van der Waals surface area contributed by atoms with Crippen LogP contribution in [0.3, 0.4) is 0 Å². The first kappa shape index (κ1) is 22.0. The number of likely N-dealkylation sites (tertiary alicyclic amines) is 1. The maximum Gasteiger partial charge on any atom is 0.354 e. The molecular weight excluding hydrogens is 416 g/mol. The van der Waals surface area contributed by atoms with E-state index in [0.717, 1.165) is 12.8 Å². The number of hydrogen-bond acceptors (Lipinski definition) is 6. The second-order valence-electron chi connectivity index (χ2n) is 8.10. The fourth-order valence-corrected chi connectivity index (χ4v) is 5.36. The monoisotopic (exact) mass is 446 g/mol. The van der Waals surface area contributed by atoms with Gasteiger partial charge >= 0.3 is 12.0 Å². The van der Waals surface area contributed by atoms with Gasteiger partial charge in [0.2, 0.25) is 5.89 Å². The fraction of sp³-hybridized carbons (Fsp3) is 0.591. The highest BCUT2D eigenvalue weighted by molar-refractivity contribution is 7.91. The Kier molecular flexibility index (Phi) is 7.02. The number of piperidine rings is 1. The van der Waals surface area contributed by atoms with Gasteiger partial charge in [0.15, 0.2) is 0 Å². The van der Waals surface area contributed by atoms with E-state index in [0.29, 0.717) is 50.2 Å². The van der Waals surface area contributed by atoms with Crippen LogP contribution in [0.1, 0.15) is 49.1 Å². The van der Waals surface area contributed by atoms with Crippen molar-refractivity contribution in [3.63, 3.8) is 0 Å². The van der Waals surface area contributed by atoms with Crippen LogP contribution in [-0.4, -0.2) is 74.8 Å². The summed E-state index contributed by atoms with van der Waals surface area (Å²) < 4.78 is 22.6. The normalized spacial score (nSPS) is 22.5. The van der Waals surface area contributed by atoms with Gasteiger partial charge in [-0.1, -0.05) is 42.4 Å². The summed E-state index contributed by atoms with van der Waals surface area (Å²) in [5.41, 5.74) is 2.51. The van der Waals surface area contributed by atoms with Gasteiger partial charge in [-0.3, -0.25) is 0 Å². The molecule has 3 heterocycles. The standard InChI is InChI=1S/C22H30N4O4S/c1-3-16-5-7-17(8-6-16)18-13-19(20-23-21(24-30-20)29-4-2)15-26(14-18)22(27)25-9-11-31(28)12-10-25/h5-8,18-19H,3-4,9-15H2,1-2H3. The molecule has 0 spiro atoms. The van der Waals surface area contributed by atoms with Crippen molar-refractivity contribution < 1.29 is 18.6 Å². The van der Waals surface area contributed by atoms with Crippen molar-refractivity contribution in [2.75, 3.05) is 44.3 Å². The van der Waals surface area contributed by atoms with Crippen molar-refractivity contribution in [3.8, 4) is 6.01 Å². The van der Waals surface area contributed by atoms with E-state index < -0.39 is 11.2 Å². The molecule has 168 valence electrons. The van der Waals surface area contributed by atoms with E-state index in [1.54, 1.807) is 0 Å². The van der Waals surface area contributed by atoms with Gasteiger partial charge in [0.05, 0.1) is 25.6 Å². The Morgan fingerprint density at radius 3 is 2.55 bits per heavy atom. The quantitative estimate of drug-likeness (QED) is 0.656. The number of aryl methyl sites for hydroxylation is 1. The van der Waals surface area contributed by atoms with Crippen LogP contribution in [0.4, 0.5) is 4.79 Å². The molecule has 0 aliphatic carbocycles. The number of carbonyl (C=O) groups excluding carboxylic acids is 1. The molecule has 4 rings (SSSR count). The lowest BCUT2D eigenvalue weighted by atomic mass is 9.84. The van der Waals surface area contributed by atoms with Crippen LogP contribution in [0.5, 0.6) is 6.01 Å². The number of amides is 2. The minimum atomic E-state index is -0.818. The van der Waals surface area contributed by atoms with Gasteiger partial charge in [0.25, 0.3) is 0 Å². The van der Waals surface area contributed by atoms with Gasteiger partial charge in [0, 0.05) is 19.0 Å². The minimum Gasteiger partial charge on any atom is -0.616 e. The van der Waals surface area contributed by atoms with Crippen LogP contribution in [0.25, 0.3) is 0 Å². The van der Waals surface area contributed by atoms with Crippen LogP contribution >= 0.6 is 0 Å². The number of aromatic nitrogens is 2. The number of urea groups is 1. The van der Waals surface area contributed by atoms with Crippen molar-refractivity contribution in [1.82, 2.24) is 19.9 Å². The smallest absolute Gasteiger partial charge is 0.354 e. The summed E-state index contributed by atoms with van der Waals surface area (Å²) in [5.74, 6) is 1.72. The minimum absolute atomic E-state index is 0.00104. The maximum atomic E-state index is 13.3. The molecule has 0 bridgehead atoms. The third-order valence-electron chi connectivity index (χ3n) is 6.07. The summed E-state index contributed by atoms with van der Waals surface area (Å²) in [7, 11) is 0. The molecule has 2 atom stereocenters. The highest BCUT2D eigenvalue weighted by Gasteiger charge is 2.37. The van der Waals surface area contributed by atoms with Gasteiger partial charge in [-0.05, 0) is 36.0 Å². The third kappa shape index (κ3) is 5.15. The lowest BCUT2D eigenvalue weighted by Crippen LogP contribution is -2.53. The summed E-state index contributed by atoms with van der Waals surface area (Å²) in [6.45, 7) is 6.73. The highest BCUT2D eigenvalue weighted by Crippen LogP contribution is 2.36. The van der Waals surface area contributed by atoms with E-state index in [-0.39, 0.29) is 23.9 Å². The second-order valence-corrected chi connectivity index (χ2v) is 9.79. The molecule has 2 saturated heterocycles. The molecule has 31 heavy (non-hydrogen) atoms. The summed E-state index contributed by atoms with van der Waals surface area (Å²) in [5, 5.41) is 3.91. The van der Waals surface area contributed by atoms with Crippen LogP contribution in [0.2, 0.25) is 0 Å². The Hall–Kier alpha value is -2.26. The number of hydrogen-bond donors (Lipinski definition) is 0. The predicted molar refractivity (Wildman–Crippen MR) is 118 cm³/mol. The van der Waals surface area contributed by atoms with Crippen LogP contribution < -0.4 is 4.74 Å². The van der Waals surface area contributed by atoms with Gasteiger partial charge < -0.3 is 23.6 Å². The largest absolute Gasteiger partial charge is 0.616 e. The number of carbonyl (C=O) groups is 1. The molecule has 8 nitrogen and oxygen atoms in total. The van der Waals surface area contributed by atoms with Crippen molar-refractivity contribution in [3.05, 3.63) is 41.3 Å². The SMILES string of the molecule is CCOc1noc(C2CC(c3ccc(CC)cc3)CN(C(=O)N3CC[S+]([O-])CC3)C2)n1. The molecular formula is C22H30N4O4S. The maximum absolute atomic E-state index is 13.3. The van der Waals surface area contributed by atoms with Crippen molar-refractivity contribution in [2.24, 2.45) is 0 Å². The van der Waals surface area contributed by atoms with Crippen molar-refractivity contribution >= 4 is 17.2 Å². The first-order chi connectivity index (χ1) is 15.1. The van der Waals surface area contributed by atoms with E-state index >= 15 is 0 Å². The molecule has 2 fully saturated rings. The molecule has 2 aromatic rings. The third-order valence-corrected chi connectivity index (χ3v) is 7.35. The Balaban J connectivity index is 1.55. The summed E-state index contributed by atoms with van der Waals surface area (Å²) in [6, 6.07) is 8.88. The van der Waals surface area contributed by atoms with Gasteiger partial charge in [0.1, 0.15) is 11.5 Å². The topological polar surface area (TPSA) is 94.8 Å². The zero-order chi connectivity index (χ0) is 21.8. The summed E-state index contributed by atoms with van der Waals surface area (Å²) in [4.78, 5) is 21.4. The average Bonchev–Trinajstić information content (AvgIpc) is 3.28. The number of nitrogens with zero attached hydrogens (tertiary/aromatic N) is 4. The van der Waals surface area contributed by atoms with Crippen LogP contribution in [0, 0.1) is 0 Å². The first-order valence-corrected chi connectivity index (χ1v) is 12.5. The van der Waals surface area contributed by atoms with Crippen molar-refractivity contribution in [1.29, 1.82) is 0 Å². The Morgan fingerprint density at radius 2 is 1.87 bits per heavy atom. The van der Waals surface area contributed by atoms with E-state index in [1.165, 1.54) is 11.1 Å². The Morgan fingerprint density at radius 1 is 1.16 bits per heavy atom. The molecule has 0 saturated carbocycles. The number of benzene rings is 1. The molecule has 0 N–H and O–H groups in total. The van der Waals surface area contributed by atoms with Gasteiger partial charge in [-0.2, -0.15) is 4.98 Å². The molecule has 1 aromatic heterocycles. The van der Waals surface area contributed by atoms with Crippen LogP contribution in [-0.2, 0) is 17.6 Å². The van der Waals surface area contributed by atoms with Crippen LogP contribution in [0.15, 0.2) is 28.8 Å². The molecule has 2 unspecified atom stereocenters. The molecule has 9 heteroatoms. The van der Waals surface area contributed by atoms with Crippen molar-refractivity contribution in [2.45, 2.75) is 38.5 Å². The fourth-order valence-electron chi connectivity index (χ4n) is 4.30. The van der Waals surface area contributed by atoms with E-state index in [4.69, 9.17) is 9.26 Å². The van der Waals surface area contributed by atoms with E-state index in [9.17, 15) is 9.35 Å². The molecule has 2 amide bonds. The lowest BCUT2D eigenvalue weighted by molar-refractivity contribution is 0.130. The first-order valence-electron chi connectivity index (χ1n) is 11.0. The summed E-state index contributed by atoms with van der Waals surface area (Å²) >= 11 is -0.818. The molecule has 0 radical (unpaired) electrons. The average molecular weight is 447 g/mol. The zero-order valence-electron chi connectivity index (χ0n) is 18.2. The Labute approximate surface area is 186 Å². The predicted octanol–water partition coefficient (Wildman–Crippen LogP) is 2.79. The molecule has 2 aliphatic heterocycles. The molecule has 1 aromatic carbocycles. The lowest BCUT2D eigenvalue weighted by Gasteiger charge is -2.40. The van der Waals surface area contributed by atoms with Gasteiger partial charge in [-0.15, -0.1) is 0 Å². The van der Waals surface area contributed by atoms with E-state index in [2.05, 4.69) is 41.3 Å². The highest BCUT2D eigenvalue weighted by atomic mass is 32.2. The second kappa shape index (κ2) is 9.91. The number of rotatable bonds is 5. The number of ether oxygens (including phenoxy) is 1. The zero-order valence-corrected chi connectivity index (χ0v) is 19.0. The Bertz CT molecular complexity index is 867.